The molecular weight excluding hydrogens is 373 g/mol. The second kappa shape index (κ2) is 8.08. The minimum atomic E-state index is -0.332. The van der Waals surface area contributed by atoms with Crippen LogP contribution in [0.3, 0.4) is 0 Å². The van der Waals surface area contributed by atoms with E-state index in [0.717, 1.165) is 0 Å². The number of aromatic nitrogens is 1. The molecule has 0 aliphatic rings. The van der Waals surface area contributed by atoms with Gasteiger partial charge in [0, 0.05) is 5.02 Å². The van der Waals surface area contributed by atoms with E-state index >= 15 is 0 Å². The fraction of sp³-hybridized carbons (Fsp3) is 0.0526. The molecule has 5 nitrogen and oxygen atoms in total. The Morgan fingerprint density at radius 1 is 1.04 bits per heavy atom. The highest BCUT2D eigenvalue weighted by Crippen LogP contribution is 2.28. The predicted octanol–water partition coefficient (Wildman–Crippen LogP) is 5.39. The number of ether oxygens (including phenoxy) is 1. The van der Waals surface area contributed by atoms with Crippen LogP contribution in [0, 0.1) is 0 Å². The van der Waals surface area contributed by atoms with Crippen LogP contribution in [-0.4, -0.2) is 18.0 Å². The van der Waals surface area contributed by atoms with Crippen molar-refractivity contribution >= 4 is 46.2 Å². The number of para-hydroxylation sites is 2. The Kier molecular flexibility index (Phi) is 5.61. The summed E-state index contributed by atoms with van der Waals surface area (Å²) in [6.45, 7) is 0. The average Bonchev–Trinajstić information content (AvgIpc) is 2.65. The molecule has 0 aliphatic carbocycles. The molecule has 0 aliphatic heterocycles. The topological polar surface area (TPSA) is 63.2 Å². The van der Waals surface area contributed by atoms with Crippen molar-refractivity contribution in [2.75, 3.05) is 17.7 Å². The van der Waals surface area contributed by atoms with E-state index in [0.29, 0.717) is 32.9 Å². The van der Waals surface area contributed by atoms with Gasteiger partial charge in [0.15, 0.2) is 0 Å². The lowest BCUT2D eigenvalue weighted by Crippen LogP contribution is -2.14. The van der Waals surface area contributed by atoms with Gasteiger partial charge < -0.3 is 15.4 Å². The molecule has 3 aromatic rings. The first-order valence-corrected chi connectivity index (χ1v) is 8.45. The van der Waals surface area contributed by atoms with E-state index in [9.17, 15) is 4.79 Å². The van der Waals surface area contributed by atoms with Crippen molar-refractivity contribution in [3.8, 4) is 5.75 Å². The number of carbonyl (C=O) groups is 1. The molecule has 3 rings (SSSR count). The first-order chi connectivity index (χ1) is 12.6. The maximum absolute atomic E-state index is 12.4. The van der Waals surface area contributed by atoms with Gasteiger partial charge in [0.1, 0.15) is 11.4 Å². The summed E-state index contributed by atoms with van der Waals surface area (Å²) in [5, 5.41) is 7.00. The summed E-state index contributed by atoms with van der Waals surface area (Å²) in [6, 6.07) is 15.6. The summed E-state index contributed by atoms with van der Waals surface area (Å²) >= 11 is 12.1. The average molecular weight is 388 g/mol. The number of methoxy groups -OCH3 is 1. The molecule has 26 heavy (non-hydrogen) atoms. The van der Waals surface area contributed by atoms with Crippen LogP contribution in [0.15, 0.2) is 60.8 Å². The molecule has 0 saturated carbocycles. The molecule has 0 atom stereocenters. The lowest BCUT2D eigenvalue weighted by molar-refractivity contribution is 0.102. The summed E-state index contributed by atoms with van der Waals surface area (Å²) in [5.74, 6) is 0.247. The normalized spacial score (nSPS) is 10.3. The van der Waals surface area contributed by atoms with E-state index in [1.54, 1.807) is 55.8 Å². The third kappa shape index (κ3) is 4.25. The quantitative estimate of drug-likeness (QED) is 0.615. The second-order valence-corrected chi connectivity index (χ2v) is 6.18. The van der Waals surface area contributed by atoms with Crippen molar-refractivity contribution in [2.24, 2.45) is 0 Å². The van der Waals surface area contributed by atoms with Crippen LogP contribution in [0.5, 0.6) is 5.75 Å². The minimum Gasteiger partial charge on any atom is -0.495 e. The monoisotopic (exact) mass is 387 g/mol. The molecule has 0 bridgehead atoms. The highest BCUT2D eigenvalue weighted by molar-refractivity contribution is 6.35. The Balaban J connectivity index is 1.73. The molecule has 1 heterocycles. The zero-order chi connectivity index (χ0) is 18.5. The molecule has 2 aromatic carbocycles. The van der Waals surface area contributed by atoms with Crippen molar-refractivity contribution in [3.63, 3.8) is 0 Å². The number of nitrogens with one attached hydrogen (secondary N) is 2. The Bertz CT molecular complexity index is 930. The number of nitrogens with zero attached hydrogens (tertiary/aromatic N) is 1. The van der Waals surface area contributed by atoms with Crippen molar-refractivity contribution < 1.29 is 9.53 Å². The number of pyridine rings is 1. The van der Waals surface area contributed by atoms with Crippen molar-refractivity contribution in [2.45, 2.75) is 0 Å². The van der Waals surface area contributed by atoms with E-state index in [1.165, 1.54) is 0 Å². The van der Waals surface area contributed by atoms with Gasteiger partial charge in [0.25, 0.3) is 5.91 Å². The maximum Gasteiger partial charge on any atom is 0.274 e. The van der Waals surface area contributed by atoms with Gasteiger partial charge in [-0.25, -0.2) is 4.98 Å². The smallest absolute Gasteiger partial charge is 0.274 e. The van der Waals surface area contributed by atoms with Crippen LogP contribution < -0.4 is 15.4 Å². The predicted molar refractivity (Wildman–Crippen MR) is 105 cm³/mol. The fourth-order valence-electron chi connectivity index (χ4n) is 2.29. The zero-order valence-electron chi connectivity index (χ0n) is 13.8. The fourth-order valence-corrected chi connectivity index (χ4v) is 2.62. The Morgan fingerprint density at radius 3 is 2.58 bits per heavy atom. The minimum absolute atomic E-state index is 0.277. The number of hydrogen-bond acceptors (Lipinski definition) is 4. The highest BCUT2D eigenvalue weighted by Gasteiger charge is 2.11. The van der Waals surface area contributed by atoms with Crippen molar-refractivity contribution in [3.05, 3.63) is 76.5 Å². The van der Waals surface area contributed by atoms with E-state index in [-0.39, 0.29) is 11.6 Å². The zero-order valence-corrected chi connectivity index (χ0v) is 15.3. The number of carbonyl (C=O) groups excluding carboxylic acids is 1. The Morgan fingerprint density at radius 2 is 1.85 bits per heavy atom. The van der Waals surface area contributed by atoms with Crippen LogP contribution in [0.1, 0.15) is 10.5 Å². The van der Waals surface area contributed by atoms with E-state index in [2.05, 4.69) is 15.6 Å². The molecular formula is C19H15Cl2N3O2. The second-order valence-electron chi connectivity index (χ2n) is 5.34. The Hall–Kier alpha value is -2.76. The van der Waals surface area contributed by atoms with Gasteiger partial charge in [-0.1, -0.05) is 35.3 Å². The van der Waals surface area contributed by atoms with Crippen LogP contribution in [0.25, 0.3) is 0 Å². The van der Waals surface area contributed by atoms with Crippen LogP contribution >= 0.6 is 23.2 Å². The van der Waals surface area contributed by atoms with Crippen molar-refractivity contribution in [1.29, 1.82) is 0 Å². The summed E-state index contributed by atoms with van der Waals surface area (Å²) in [7, 11) is 1.55. The third-order valence-corrected chi connectivity index (χ3v) is 4.12. The number of amides is 1. The largest absolute Gasteiger partial charge is 0.495 e. The van der Waals surface area contributed by atoms with Crippen LogP contribution in [-0.2, 0) is 0 Å². The lowest BCUT2D eigenvalue weighted by atomic mass is 10.2. The summed E-state index contributed by atoms with van der Waals surface area (Å²) in [6.07, 6.45) is 1.55. The molecule has 1 aromatic heterocycles. The molecule has 0 fully saturated rings. The summed E-state index contributed by atoms with van der Waals surface area (Å²) in [5.41, 5.74) is 2.20. The van der Waals surface area contributed by atoms with Gasteiger partial charge in [-0.15, -0.1) is 0 Å². The SMILES string of the molecule is COc1ccccc1NC(=O)c1ccc(Nc2cc(Cl)ccc2Cl)cn1. The molecule has 0 spiro atoms. The van der Waals surface area contributed by atoms with E-state index in [4.69, 9.17) is 27.9 Å². The van der Waals surface area contributed by atoms with Gasteiger partial charge in [-0.2, -0.15) is 0 Å². The third-order valence-electron chi connectivity index (χ3n) is 3.56. The molecule has 1 amide bonds. The summed E-state index contributed by atoms with van der Waals surface area (Å²) < 4.78 is 5.22. The number of anilines is 3. The molecule has 0 saturated heterocycles. The van der Waals surface area contributed by atoms with Gasteiger partial charge in [0.2, 0.25) is 0 Å². The summed E-state index contributed by atoms with van der Waals surface area (Å²) in [4.78, 5) is 16.5. The van der Waals surface area contributed by atoms with Gasteiger partial charge in [-0.05, 0) is 42.5 Å². The lowest BCUT2D eigenvalue weighted by Gasteiger charge is -2.11. The van der Waals surface area contributed by atoms with Gasteiger partial charge in [0.05, 0.1) is 35.4 Å². The highest BCUT2D eigenvalue weighted by atomic mass is 35.5. The van der Waals surface area contributed by atoms with E-state index in [1.807, 2.05) is 12.1 Å². The molecule has 2 N–H and O–H groups in total. The first-order valence-electron chi connectivity index (χ1n) is 7.69. The molecule has 7 heteroatoms. The van der Waals surface area contributed by atoms with Crippen LogP contribution in [0.2, 0.25) is 10.0 Å². The maximum atomic E-state index is 12.4. The first kappa shape index (κ1) is 18.0. The molecule has 0 radical (unpaired) electrons. The standard InChI is InChI=1S/C19H15Cl2N3O2/c1-26-18-5-3-2-4-15(18)24-19(25)16-9-7-13(11-22-16)23-17-10-12(20)6-8-14(17)21/h2-11,23H,1H3,(H,24,25). The van der Waals surface area contributed by atoms with E-state index < -0.39 is 0 Å². The van der Waals surface area contributed by atoms with Crippen LogP contribution in [0.4, 0.5) is 17.1 Å². The van der Waals surface area contributed by atoms with Gasteiger partial charge in [-0.3, -0.25) is 4.79 Å². The number of hydrogen-bond donors (Lipinski definition) is 2. The number of rotatable bonds is 5. The number of halogens is 2. The Labute approximate surface area is 160 Å². The van der Waals surface area contributed by atoms with Gasteiger partial charge >= 0.3 is 0 Å². The molecule has 132 valence electrons. The van der Waals surface area contributed by atoms with Crippen molar-refractivity contribution in [1.82, 2.24) is 4.98 Å². The number of benzene rings is 2. The molecule has 0 unspecified atom stereocenters.